The quantitative estimate of drug-likeness (QED) is 0.872. The summed E-state index contributed by atoms with van der Waals surface area (Å²) >= 11 is 0. The number of hydrogen-bond donors (Lipinski definition) is 1. The average molecular weight is 235 g/mol. The molecule has 0 atom stereocenters. The molecule has 0 amide bonds. The second-order valence-electron chi connectivity index (χ2n) is 5.68. The van der Waals surface area contributed by atoms with Gasteiger partial charge in [0.05, 0.1) is 25.9 Å². The van der Waals surface area contributed by atoms with Crippen LogP contribution in [0.1, 0.15) is 26.3 Å². The van der Waals surface area contributed by atoms with Crippen LogP contribution < -0.4 is 10.1 Å². The van der Waals surface area contributed by atoms with Gasteiger partial charge in [0.15, 0.2) is 0 Å². The van der Waals surface area contributed by atoms with Crippen LogP contribution >= 0.6 is 0 Å². The third kappa shape index (κ3) is 2.61. The van der Waals surface area contributed by atoms with E-state index in [2.05, 4.69) is 38.2 Å². The van der Waals surface area contributed by atoms with Gasteiger partial charge in [0.2, 0.25) is 0 Å². The van der Waals surface area contributed by atoms with E-state index in [-0.39, 0.29) is 11.1 Å². The summed E-state index contributed by atoms with van der Waals surface area (Å²) in [5.74, 6) is 0.889. The van der Waals surface area contributed by atoms with Crippen molar-refractivity contribution in [3.05, 3.63) is 29.8 Å². The molecule has 0 radical (unpaired) electrons. The molecular formula is C14H21NO2. The summed E-state index contributed by atoms with van der Waals surface area (Å²) in [6.07, 6.45) is 0. The van der Waals surface area contributed by atoms with Gasteiger partial charge in [0, 0.05) is 5.54 Å². The maximum Gasteiger partial charge on any atom is 0.118 e. The Morgan fingerprint density at radius 3 is 2.12 bits per heavy atom. The van der Waals surface area contributed by atoms with E-state index in [9.17, 15) is 0 Å². The fraction of sp³-hybridized carbons (Fsp3) is 0.571. The molecule has 1 aromatic carbocycles. The van der Waals surface area contributed by atoms with Gasteiger partial charge < -0.3 is 9.47 Å². The lowest BCUT2D eigenvalue weighted by Gasteiger charge is -2.47. The van der Waals surface area contributed by atoms with E-state index < -0.39 is 0 Å². The molecule has 0 aromatic heterocycles. The Hall–Kier alpha value is -1.06. The van der Waals surface area contributed by atoms with Crippen LogP contribution in [0.3, 0.4) is 0 Å². The van der Waals surface area contributed by atoms with E-state index in [1.54, 1.807) is 7.11 Å². The molecular weight excluding hydrogens is 214 g/mol. The third-order valence-electron chi connectivity index (χ3n) is 2.95. The molecule has 1 N–H and O–H groups in total. The van der Waals surface area contributed by atoms with Crippen molar-refractivity contribution in [2.75, 3.05) is 20.3 Å². The van der Waals surface area contributed by atoms with Crippen molar-refractivity contribution >= 4 is 0 Å². The summed E-state index contributed by atoms with van der Waals surface area (Å²) in [6, 6.07) is 8.22. The summed E-state index contributed by atoms with van der Waals surface area (Å²) in [7, 11) is 1.69. The highest BCUT2D eigenvalue weighted by atomic mass is 16.5. The lowest BCUT2D eigenvalue weighted by Crippen LogP contribution is -2.62. The van der Waals surface area contributed by atoms with E-state index in [0.717, 1.165) is 19.0 Å². The van der Waals surface area contributed by atoms with Crippen LogP contribution in [0, 0.1) is 0 Å². The average Bonchev–Trinajstić information content (AvgIpc) is 2.23. The standard InChI is InChI=1S/C14H21NO2/c1-13(2,3)15-14(9-17-10-14)11-5-7-12(16-4)8-6-11/h5-8,15H,9-10H2,1-4H3. The van der Waals surface area contributed by atoms with Crippen molar-refractivity contribution in [2.45, 2.75) is 31.8 Å². The Morgan fingerprint density at radius 2 is 1.76 bits per heavy atom. The van der Waals surface area contributed by atoms with E-state index in [4.69, 9.17) is 9.47 Å². The summed E-state index contributed by atoms with van der Waals surface area (Å²) in [5.41, 5.74) is 1.30. The summed E-state index contributed by atoms with van der Waals surface area (Å²) < 4.78 is 10.6. The molecule has 1 aliphatic heterocycles. The molecule has 3 heteroatoms. The summed E-state index contributed by atoms with van der Waals surface area (Å²) in [5, 5.41) is 3.66. The van der Waals surface area contributed by atoms with Gasteiger partial charge in [-0.2, -0.15) is 0 Å². The highest BCUT2D eigenvalue weighted by Gasteiger charge is 2.42. The fourth-order valence-corrected chi connectivity index (χ4v) is 2.25. The van der Waals surface area contributed by atoms with Gasteiger partial charge in [-0.1, -0.05) is 12.1 Å². The van der Waals surface area contributed by atoms with E-state index in [1.165, 1.54) is 5.56 Å². The van der Waals surface area contributed by atoms with Crippen molar-refractivity contribution in [1.29, 1.82) is 0 Å². The molecule has 0 spiro atoms. The first kappa shape index (κ1) is 12.4. The summed E-state index contributed by atoms with van der Waals surface area (Å²) in [4.78, 5) is 0. The van der Waals surface area contributed by atoms with Gasteiger partial charge in [-0.3, -0.25) is 5.32 Å². The van der Waals surface area contributed by atoms with E-state index in [0.29, 0.717) is 0 Å². The maximum atomic E-state index is 5.40. The van der Waals surface area contributed by atoms with Crippen molar-refractivity contribution < 1.29 is 9.47 Å². The first-order valence-electron chi connectivity index (χ1n) is 5.97. The number of benzene rings is 1. The fourth-order valence-electron chi connectivity index (χ4n) is 2.25. The van der Waals surface area contributed by atoms with E-state index >= 15 is 0 Å². The number of nitrogens with one attached hydrogen (secondary N) is 1. The van der Waals surface area contributed by atoms with Gasteiger partial charge in [-0.25, -0.2) is 0 Å². The zero-order valence-corrected chi connectivity index (χ0v) is 11.0. The largest absolute Gasteiger partial charge is 0.497 e. The Morgan fingerprint density at radius 1 is 1.18 bits per heavy atom. The second-order valence-corrected chi connectivity index (χ2v) is 5.68. The van der Waals surface area contributed by atoms with Gasteiger partial charge >= 0.3 is 0 Å². The molecule has 0 saturated carbocycles. The molecule has 1 heterocycles. The van der Waals surface area contributed by atoms with Crippen molar-refractivity contribution in [3.8, 4) is 5.75 Å². The number of methoxy groups -OCH3 is 1. The van der Waals surface area contributed by atoms with Crippen molar-refractivity contribution in [3.63, 3.8) is 0 Å². The molecule has 1 aliphatic rings. The van der Waals surface area contributed by atoms with Crippen LogP contribution in [0.15, 0.2) is 24.3 Å². The third-order valence-corrected chi connectivity index (χ3v) is 2.95. The first-order valence-corrected chi connectivity index (χ1v) is 5.97. The minimum absolute atomic E-state index is 0.0372. The Bertz CT molecular complexity index is 374. The maximum absolute atomic E-state index is 5.40. The summed E-state index contributed by atoms with van der Waals surface area (Å²) in [6.45, 7) is 8.00. The van der Waals surface area contributed by atoms with Gasteiger partial charge in [-0.15, -0.1) is 0 Å². The monoisotopic (exact) mass is 235 g/mol. The van der Waals surface area contributed by atoms with Gasteiger partial charge in [0.1, 0.15) is 5.75 Å². The molecule has 94 valence electrons. The minimum atomic E-state index is -0.0372. The molecule has 2 rings (SSSR count). The minimum Gasteiger partial charge on any atom is -0.497 e. The Labute approximate surface area is 103 Å². The van der Waals surface area contributed by atoms with Crippen molar-refractivity contribution in [2.24, 2.45) is 0 Å². The molecule has 3 nitrogen and oxygen atoms in total. The lowest BCUT2D eigenvalue weighted by molar-refractivity contribution is -0.0894. The van der Waals surface area contributed by atoms with Gasteiger partial charge in [-0.05, 0) is 38.5 Å². The van der Waals surface area contributed by atoms with E-state index in [1.807, 2.05) is 12.1 Å². The van der Waals surface area contributed by atoms with Crippen LogP contribution in [0.5, 0.6) is 5.75 Å². The zero-order chi connectivity index (χ0) is 12.5. The Kier molecular flexibility index (Phi) is 3.15. The van der Waals surface area contributed by atoms with Gasteiger partial charge in [0.25, 0.3) is 0 Å². The molecule has 0 unspecified atom stereocenters. The molecule has 0 aliphatic carbocycles. The number of rotatable bonds is 3. The topological polar surface area (TPSA) is 30.5 Å². The zero-order valence-electron chi connectivity index (χ0n) is 11.0. The van der Waals surface area contributed by atoms with Crippen LogP contribution in [0.25, 0.3) is 0 Å². The van der Waals surface area contributed by atoms with Crippen LogP contribution in [0.2, 0.25) is 0 Å². The molecule has 1 saturated heterocycles. The molecule has 1 fully saturated rings. The predicted molar refractivity (Wildman–Crippen MR) is 68.4 cm³/mol. The van der Waals surface area contributed by atoms with Crippen molar-refractivity contribution in [1.82, 2.24) is 5.32 Å². The number of ether oxygens (including phenoxy) is 2. The second kappa shape index (κ2) is 4.31. The lowest BCUT2D eigenvalue weighted by atomic mass is 9.85. The molecule has 0 bridgehead atoms. The van der Waals surface area contributed by atoms with Crippen LogP contribution in [-0.4, -0.2) is 25.9 Å². The highest BCUT2D eigenvalue weighted by molar-refractivity contribution is 5.33. The predicted octanol–water partition coefficient (Wildman–Crippen LogP) is 2.31. The molecule has 1 aromatic rings. The first-order chi connectivity index (χ1) is 7.95. The van der Waals surface area contributed by atoms with Crippen LogP contribution in [-0.2, 0) is 10.3 Å². The highest BCUT2D eigenvalue weighted by Crippen LogP contribution is 2.32. The SMILES string of the molecule is COc1ccc(C2(NC(C)(C)C)COC2)cc1. The smallest absolute Gasteiger partial charge is 0.118 e. The number of hydrogen-bond acceptors (Lipinski definition) is 3. The Balaban J connectivity index is 2.22. The molecule has 17 heavy (non-hydrogen) atoms. The normalized spacial score (nSPS) is 18.6. The van der Waals surface area contributed by atoms with Crippen LogP contribution in [0.4, 0.5) is 0 Å².